The summed E-state index contributed by atoms with van der Waals surface area (Å²) in [6.07, 6.45) is 1.77. The number of methoxy groups -OCH3 is 1. The molecule has 0 aliphatic carbocycles. The molecule has 1 fully saturated rings. The van der Waals surface area contributed by atoms with Gasteiger partial charge in [0.15, 0.2) is 22.4 Å². The summed E-state index contributed by atoms with van der Waals surface area (Å²) in [4.78, 5) is 15.0. The highest BCUT2D eigenvalue weighted by molar-refractivity contribution is 8.27. The van der Waals surface area contributed by atoms with Gasteiger partial charge in [-0.05, 0) is 60.9 Å². The maximum absolute atomic E-state index is 12.9. The Hall–Kier alpha value is -2.82. The Morgan fingerprint density at radius 2 is 1.96 bits per heavy atom. The Bertz CT molecular complexity index is 1020. The molecule has 2 aromatic carbocycles. The summed E-state index contributed by atoms with van der Waals surface area (Å²) in [6.45, 7) is 3.97. The largest absolute Gasteiger partial charge is 0.493 e. The molecule has 1 saturated heterocycles. The van der Waals surface area contributed by atoms with Crippen molar-refractivity contribution in [3.63, 3.8) is 0 Å². The van der Waals surface area contributed by atoms with Crippen LogP contribution < -0.4 is 14.4 Å². The monoisotopic (exact) mass is 410 g/mol. The third kappa shape index (κ3) is 4.03. The van der Waals surface area contributed by atoms with Gasteiger partial charge in [-0.15, -0.1) is 0 Å². The maximum atomic E-state index is 12.9. The van der Waals surface area contributed by atoms with Crippen LogP contribution in [0.4, 0.5) is 5.69 Å². The molecule has 3 rings (SSSR count). The number of anilines is 1. The van der Waals surface area contributed by atoms with Gasteiger partial charge in [-0.1, -0.05) is 36.1 Å². The Morgan fingerprint density at radius 3 is 2.64 bits per heavy atom. The molecule has 1 aliphatic rings. The second-order valence-corrected chi connectivity index (χ2v) is 7.82. The van der Waals surface area contributed by atoms with Crippen LogP contribution in [0.2, 0.25) is 0 Å². The maximum Gasteiger partial charge on any atom is 0.270 e. The third-order valence-electron chi connectivity index (χ3n) is 4.32. The molecule has 7 heteroatoms. The van der Waals surface area contributed by atoms with Crippen LogP contribution in [-0.2, 0) is 4.79 Å². The molecular weight excluding hydrogens is 392 g/mol. The Morgan fingerprint density at radius 1 is 1.18 bits per heavy atom. The molecule has 2 aromatic rings. The highest BCUT2D eigenvalue weighted by Crippen LogP contribution is 2.37. The number of amides is 1. The van der Waals surface area contributed by atoms with Crippen LogP contribution >= 0.6 is 24.0 Å². The lowest BCUT2D eigenvalue weighted by Crippen LogP contribution is -2.27. The Balaban J connectivity index is 1.89. The molecule has 1 amide bonds. The van der Waals surface area contributed by atoms with Crippen molar-refractivity contribution in [3.05, 3.63) is 58.0 Å². The van der Waals surface area contributed by atoms with Crippen LogP contribution in [0.25, 0.3) is 6.08 Å². The van der Waals surface area contributed by atoms with Crippen molar-refractivity contribution in [1.82, 2.24) is 0 Å². The number of ether oxygens (including phenoxy) is 2. The predicted octanol–water partition coefficient (Wildman–Crippen LogP) is 4.62. The zero-order valence-electron chi connectivity index (χ0n) is 15.7. The van der Waals surface area contributed by atoms with Crippen molar-refractivity contribution in [2.75, 3.05) is 18.6 Å². The third-order valence-corrected chi connectivity index (χ3v) is 5.62. The quantitative estimate of drug-likeness (QED) is 0.529. The molecule has 0 atom stereocenters. The molecule has 0 N–H and O–H groups in total. The van der Waals surface area contributed by atoms with Gasteiger partial charge in [0.25, 0.3) is 5.91 Å². The highest BCUT2D eigenvalue weighted by Gasteiger charge is 2.33. The SMILES string of the molecule is COc1cc(/C=C2/SC(=S)N(c3ccc(C)c(C)c3)C2=O)ccc1OCC#N. The number of thioether (sulfide) groups is 1. The van der Waals surface area contributed by atoms with Crippen molar-refractivity contribution < 1.29 is 14.3 Å². The number of nitrogens with zero attached hydrogens (tertiary/aromatic N) is 2. The standard InChI is InChI=1S/C21H18N2O3S2/c1-13-4-6-16(10-14(13)2)23-20(24)19(28-21(23)27)12-15-5-7-17(26-9-8-22)18(11-15)25-3/h4-7,10-12H,9H2,1-3H3/b19-12+. The van der Waals surface area contributed by atoms with Crippen LogP contribution in [0, 0.1) is 25.2 Å². The molecule has 28 heavy (non-hydrogen) atoms. The van der Waals surface area contributed by atoms with Crippen LogP contribution in [-0.4, -0.2) is 23.9 Å². The highest BCUT2D eigenvalue weighted by atomic mass is 32.2. The average Bonchev–Trinajstić information content (AvgIpc) is 2.96. The lowest BCUT2D eigenvalue weighted by atomic mass is 10.1. The number of thiocarbonyl (C=S) groups is 1. The van der Waals surface area contributed by atoms with Gasteiger partial charge in [0.05, 0.1) is 17.7 Å². The number of hydrogen-bond acceptors (Lipinski definition) is 6. The average molecular weight is 411 g/mol. The topological polar surface area (TPSA) is 62.6 Å². The summed E-state index contributed by atoms with van der Waals surface area (Å²) >= 11 is 6.70. The first-order valence-electron chi connectivity index (χ1n) is 8.47. The smallest absolute Gasteiger partial charge is 0.270 e. The second-order valence-electron chi connectivity index (χ2n) is 6.14. The summed E-state index contributed by atoms with van der Waals surface area (Å²) in [5.74, 6) is 0.819. The van der Waals surface area contributed by atoms with E-state index in [-0.39, 0.29) is 12.5 Å². The zero-order valence-corrected chi connectivity index (χ0v) is 17.3. The van der Waals surface area contributed by atoms with E-state index in [2.05, 4.69) is 0 Å². The van der Waals surface area contributed by atoms with Crippen molar-refractivity contribution in [3.8, 4) is 17.6 Å². The van der Waals surface area contributed by atoms with Crippen molar-refractivity contribution in [2.45, 2.75) is 13.8 Å². The van der Waals surface area contributed by atoms with Crippen LogP contribution in [0.5, 0.6) is 11.5 Å². The van der Waals surface area contributed by atoms with Crippen molar-refractivity contribution in [2.24, 2.45) is 0 Å². The number of nitriles is 1. The Labute approximate surface area is 173 Å². The normalized spacial score (nSPS) is 15.1. The molecule has 5 nitrogen and oxygen atoms in total. The first kappa shape index (κ1) is 19.9. The van der Waals surface area contributed by atoms with E-state index < -0.39 is 0 Å². The van der Waals surface area contributed by atoms with E-state index in [1.807, 2.05) is 38.1 Å². The van der Waals surface area contributed by atoms with E-state index in [9.17, 15) is 4.79 Å². The molecule has 1 heterocycles. The first-order chi connectivity index (χ1) is 13.4. The van der Waals surface area contributed by atoms with Crippen LogP contribution in [0.3, 0.4) is 0 Å². The van der Waals surface area contributed by atoms with E-state index in [0.29, 0.717) is 20.7 Å². The van der Waals surface area contributed by atoms with Gasteiger partial charge in [-0.25, -0.2) is 0 Å². The van der Waals surface area contributed by atoms with Crippen LogP contribution in [0.1, 0.15) is 16.7 Å². The first-order valence-corrected chi connectivity index (χ1v) is 9.70. The number of carbonyl (C=O) groups excluding carboxylic acids is 1. The molecule has 0 bridgehead atoms. The summed E-state index contributed by atoms with van der Waals surface area (Å²) in [6, 6.07) is 13.1. The second kappa shape index (κ2) is 8.46. The number of carbonyl (C=O) groups is 1. The van der Waals surface area contributed by atoms with Gasteiger partial charge >= 0.3 is 0 Å². The zero-order chi connectivity index (χ0) is 20.3. The van der Waals surface area contributed by atoms with Gasteiger partial charge in [0.2, 0.25) is 0 Å². The lowest BCUT2D eigenvalue weighted by Gasteiger charge is -2.16. The number of benzene rings is 2. The lowest BCUT2D eigenvalue weighted by molar-refractivity contribution is -0.113. The van der Waals surface area contributed by atoms with E-state index in [0.717, 1.165) is 22.4 Å². The molecule has 0 unspecified atom stereocenters. The number of aryl methyl sites for hydroxylation is 2. The minimum atomic E-state index is -0.151. The molecular formula is C21H18N2O3S2. The fraction of sp³-hybridized carbons (Fsp3) is 0.190. The van der Waals surface area contributed by atoms with E-state index in [1.165, 1.54) is 18.9 Å². The van der Waals surface area contributed by atoms with E-state index in [1.54, 1.807) is 29.2 Å². The summed E-state index contributed by atoms with van der Waals surface area (Å²) < 4.78 is 11.1. The molecule has 1 aliphatic heterocycles. The minimum Gasteiger partial charge on any atom is -0.493 e. The predicted molar refractivity (Wildman–Crippen MR) is 116 cm³/mol. The summed E-state index contributed by atoms with van der Waals surface area (Å²) in [5.41, 5.74) is 3.82. The van der Waals surface area contributed by atoms with Gasteiger partial charge in [-0.2, -0.15) is 5.26 Å². The van der Waals surface area contributed by atoms with Crippen molar-refractivity contribution >= 4 is 46.0 Å². The van der Waals surface area contributed by atoms with Gasteiger partial charge in [0.1, 0.15) is 6.07 Å². The van der Waals surface area contributed by atoms with Gasteiger partial charge in [0, 0.05) is 0 Å². The summed E-state index contributed by atoms with van der Waals surface area (Å²) in [5, 5.41) is 8.66. The van der Waals surface area contributed by atoms with Gasteiger partial charge < -0.3 is 9.47 Å². The molecule has 0 aromatic heterocycles. The molecule has 0 radical (unpaired) electrons. The fourth-order valence-corrected chi connectivity index (χ4v) is 4.01. The van der Waals surface area contributed by atoms with Gasteiger partial charge in [-0.3, -0.25) is 9.69 Å². The molecule has 142 valence electrons. The summed E-state index contributed by atoms with van der Waals surface area (Å²) in [7, 11) is 1.53. The van der Waals surface area contributed by atoms with Crippen LogP contribution in [0.15, 0.2) is 41.3 Å². The molecule has 0 saturated carbocycles. The van der Waals surface area contributed by atoms with E-state index in [4.69, 9.17) is 27.0 Å². The Kier molecular flexibility index (Phi) is 6.02. The number of hydrogen-bond donors (Lipinski definition) is 0. The molecule has 0 spiro atoms. The fourth-order valence-electron chi connectivity index (χ4n) is 2.71. The number of rotatable bonds is 5. The minimum absolute atomic E-state index is 0.0651. The van der Waals surface area contributed by atoms with E-state index >= 15 is 0 Å². The van der Waals surface area contributed by atoms with Crippen molar-refractivity contribution in [1.29, 1.82) is 5.26 Å².